The topological polar surface area (TPSA) is 69.6 Å². The van der Waals surface area contributed by atoms with Crippen LogP contribution in [0.5, 0.6) is 5.75 Å². The standard InChI is InChI=1S/C17H10ClFN2O3S/c18-11-8-9(5-6-14(11)22)7-10-15(23)20-17(25)21(16(10)24)13-4-2-1-3-12(13)19/h1-8,22H,(H,20,23,25)/b10-7-. The van der Waals surface area contributed by atoms with Crippen molar-refractivity contribution in [1.82, 2.24) is 5.32 Å². The molecule has 1 heterocycles. The van der Waals surface area contributed by atoms with Crippen LogP contribution in [0.15, 0.2) is 48.0 Å². The number of anilines is 1. The predicted octanol–water partition coefficient (Wildman–Crippen LogP) is 3.02. The predicted molar refractivity (Wildman–Crippen MR) is 95.7 cm³/mol. The fourth-order valence-electron chi connectivity index (χ4n) is 2.29. The Kier molecular flexibility index (Phi) is 4.52. The molecule has 1 aliphatic heterocycles. The molecule has 0 bridgehead atoms. The molecule has 1 saturated heterocycles. The Labute approximate surface area is 152 Å². The molecule has 8 heteroatoms. The molecule has 1 fully saturated rings. The van der Waals surface area contributed by atoms with Crippen molar-refractivity contribution in [3.8, 4) is 5.75 Å². The zero-order chi connectivity index (χ0) is 18.1. The van der Waals surface area contributed by atoms with Crippen molar-refractivity contribution in [1.29, 1.82) is 0 Å². The molecular weight excluding hydrogens is 367 g/mol. The molecular formula is C17H10ClFN2O3S. The number of amides is 2. The molecule has 2 amide bonds. The van der Waals surface area contributed by atoms with E-state index in [1.54, 1.807) is 6.07 Å². The van der Waals surface area contributed by atoms with Crippen LogP contribution in [-0.2, 0) is 9.59 Å². The van der Waals surface area contributed by atoms with Gasteiger partial charge >= 0.3 is 0 Å². The first kappa shape index (κ1) is 17.1. The van der Waals surface area contributed by atoms with E-state index >= 15 is 0 Å². The van der Waals surface area contributed by atoms with Gasteiger partial charge in [0.25, 0.3) is 11.8 Å². The van der Waals surface area contributed by atoms with Crippen molar-refractivity contribution in [3.05, 3.63) is 64.4 Å². The summed E-state index contributed by atoms with van der Waals surface area (Å²) in [6.07, 6.45) is 1.29. The van der Waals surface area contributed by atoms with E-state index in [4.69, 9.17) is 23.8 Å². The maximum atomic E-state index is 14.0. The van der Waals surface area contributed by atoms with E-state index in [-0.39, 0.29) is 27.1 Å². The van der Waals surface area contributed by atoms with Crippen LogP contribution in [0.4, 0.5) is 10.1 Å². The number of nitrogens with zero attached hydrogens (tertiary/aromatic N) is 1. The van der Waals surface area contributed by atoms with E-state index in [9.17, 15) is 19.1 Å². The number of hydrogen-bond donors (Lipinski definition) is 2. The van der Waals surface area contributed by atoms with Crippen molar-refractivity contribution in [2.24, 2.45) is 0 Å². The molecule has 0 radical (unpaired) electrons. The first-order valence-electron chi connectivity index (χ1n) is 7.03. The quantitative estimate of drug-likeness (QED) is 0.480. The molecule has 2 N–H and O–H groups in total. The van der Waals surface area contributed by atoms with Crippen LogP contribution in [0.1, 0.15) is 5.56 Å². The Balaban J connectivity index is 2.05. The summed E-state index contributed by atoms with van der Waals surface area (Å²) in [5.41, 5.74) is 0.119. The number of aromatic hydroxyl groups is 1. The molecule has 0 spiro atoms. The fourth-order valence-corrected chi connectivity index (χ4v) is 2.75. The molecule has 126 valence electrons. The molecule has 1 aliphatic rings. The summed E-state index contributed by atoms with van der Waals surface area (Å²) < 4.78 is 14.0. The van der Waals surface area contributed by atoms with Gasteiger partial charge in [0, 0.05) is 0 Å². The molecule has 0 saturated carbocycles. The van der Waals surface area contributed by atoms with Crippen LogP contribution in [-0.4, -0.2) is 22.0 Å². The number of nitrogens with one attached hydrogen (secondary N) is 1. The van der Waals surface area contributed by atoms with Gasteiger partial charge in [-0.2, -0.15) is 0 Å². The number of thiocarbonyl (C=S) groups is 1. The fraction of sp³-hybridized carbons (Fsp3) is 0. The summed E-state index contributed by atoms with van der Waals surface area (Å²) in [4.78, 5) is 25.8. The average Bonchev–Trinajstić information content (AvgIpc) is 2.56. The van der Waals surface area contributed by atoms with Crippen LogP contribution in [0.2, 0.25) is 5.02 Å². The third-order valence-corrected chi connectivity index (χ3v) is 4.07. The summed E-state index contributed by atoms with van der Waals surface area (Å²) in [5.74, 6) is -2.24. The number of carbonyl (C=O) groups is 2. The van der Waals surface area contributed by atoms with Crippen molar-refractivity contribution in [3.63, 3.8) is 0 Å². The first-order chi connectivity index (χ1) is 11.9. The summed E-state index contributed by atoms with van der Waals surface area (Å²) >= 11 is 10.8. The number of rotatable bonds is 2. The third-order valence-electron chi connectivity index (χ3n) is 3.48. The minimum Gasteiger partial charge on any atom is -0.506 e. The lowest BCUT2D eigenvalue weighted by atomic mass is 10.1. The van der Waals surface area contributed by atoms with Gasteiger partial charge in [-0.15, -0.1) is 0 Å². The van der Waals surface area contributed by atoms with E-state index in [2.05, 4.69) is 5.32 Å². The number of halogens is 2. The van der Waals surface area contributed by atoms with E-state index in [1.165, 1.54) is 42.5 Å². The van der Waals surface area contributed by atoms with E-state index in [0.29, 0.717) is 5.56 Å². The molecule has 2 aromatic carbocycles. The molecule has 0 aromatic heterocycles. The summed E-state index contributed by atoms with van der Waals surface area (Å²) in [7, 11) is 0. The van der Waals surface area contributed by atoms with Crippen LogP contribution in [0, 0.1) is 5.82 Å². The maximum Gasteiger partial charge on any atom is 0.270 e. The highest BCUT2D eigenvalue weighted by Crippen LogP contribution is 2.27. The average molecular weight is 377 g/mol. The number of carbonyl (C=O) groups excluding carboxylic acids is 2. The minimum absolute atomic E-state index is 0.0628. The van der Waals surface area contributed by atoms with Gasteiger partial charge in [0.05, 0.1) is 10.7 Å². The number of phenolic OH excluding ortho intramolecular Hbond substituents is 1. The molecule has 25 heavy (non-hydrogen) atoms. The Morgan fingerprint density at radius 1 is 1.20 bits per heavy atom. The lowest BCUT2D eigenvalue weighted by molar-refractivity contribution is -0.122. The van der Waals surface area contributed by atoms with E-state index < -0.39 is 17.6 Å². The van der Waals surface area contributed by atoms with Gasteiger partial charge in [-0.05, 0) is 48.1 Å². The van der Waals surface area contributed by atoms with Crippen LogP contribution >= 0.6 is 23.8 Å². The molecule has 0 atom stereocenters. The Morgan fingerprint density at radius 2 is 1.92 bits per heavy atom. The SMILES string of the molecule is O=C1NC(=S)N(c2ccccc2F)C(=O)/C1=C\c1ccc(O)c(Cl)c1. The number of para-hydroxylation sites is 1. The zero-order valence-corrected chi connectivity index (χ0v) is 14.1. The second-order valence-electron chi connectivity index (χ2n) is 5.12. The summed E-state index contributed by atoms with van der Waals surface area (Å²) in [6.45, 7) is 0. The van der Waals surface area contributed by atoms with Gasteiger partial charge in [0.1, 0.15) is 17.1 Å². The van der Waals surface area contributed by atoms with E-state index in [0.717, 1.165) is 4.90 Å². The Hall–Kier alpha value is -2.77. The van der Waals surface area contributed by atoms with Crippen molar-refractivity contribution < 1.29 is 19.1 Å². The monoisotopic (exact) mass is 376 g/mol. The zero-order valence-electron chi connectivity index (χ0n) is 12.5. The Morgan fingerprint density at radius 3 is 2.60 bits per heavy atom. The minimum atomic E-state index is -0.761. The smallest absolute Gasteiger partial charge is 0.270 e. The largest absolute Gasteiger partial charge is 0.506 e. The van der Waals surface area contributed by atoms with Crippen LogP contribution < -0.4 is 10.2 Å². The lowest BCUT2D eigenvalue weighted by Gasteiger charge is -2.29. The number of hydrogen-bond acceptors (Lipinski definition) is 4. The van der Waals surface area contributed by atoms with Gasteiger partial charge in [-0.25, -0.2) is 9.29 Å². The number of phenols is 1. The van der Waals surface area contributed by atoms with Gasteiger partial charge in [-0.3, -0.25) is 14.9 Å². The van der Waals surface area contributed by atoms with Crippen molar-refractivity contribution in [2.75, 3.05) is 4.90 Å². The second kappa shape index (κ2) is 6.62. The first-order valence-corrected chi connectivity index (χ1v) is 7.81. The van der Waals surface area contributed by atoms with Gasteiger partial charge in [0.2, 0.25) is 0 Å². The molecule has 0 unspecified atom stereocenters. The van der Waals surface area contributed by atoms with Gasteiger partial charge in [0.15, 0.2) is 5.11 Å². The summed E-state index contributed by atoms with van der Waals surface area (Å²) in [5, 5.41) is 11.7. The van der Waals surface area contributed by atoms with Crippen LogP contribution in [0.25, 0.3) is 6.08 Å². The Bertz CT molecular complexity index is 945. The number of benzene rings is 2. The highest BCUT2D eigenvalue weighted by Gasteiger charge is 2.35. The summed E-state index contributed by atoms with van der Waals surface area (Å²) in [6, 6.07) is 9.80. The molecule has 0 aliphatic carbocycles. The molecule has 5 nitrogen and oxygen atoms in total. The van der Waals surface area contributed by atoms with Crippen molar-refractivity contribution >= 4 is 52.5 Å². The molecule has 3 rings (SSSR count). The third kappa shape index (κ3) is 3.24. The maximum absolute atomic E-state index is 14.0. The van der Waals surface area contributed by atoms with E-state index in [1.807, 2.05) is 0 Å². The molecule has 2 aromatic rings. The van der Waals surface area contributed by atoms with Gasteiger partial charge in [-0.1, -0.05) is 29.8 Å². The normalized spacial score (nSPS) is 16.3. The highest BCUT2D eigenvalue weighted by molar-refractivity contribution is 7.80. The van der Waals surface area contributed by atoms with Crippen LogP contribution in [0.3, 0.4) is 0 Å². The lowest BCUT2D eigenvalue weighted by Crippen LogP contribution is -2.54. The second-order valence-corrected chi connectivity index (χ2v) is 5.91. The highest BCUT2D eigenvalue weighted by atomic mass is 35.5. The van der Waals surface area contributed by atoms with Gasteiger partial charge < -0.3 is 5.11 Å². The van der Waals surface area contributed by atoms with Crippen molar-refractivity contribution in [2.45, 2.75) is 0 Å².